The highest BCUT2D eigenvalue weighted by atomic mass is 35.5. The molecule has 5 aromatic rings. The summed E-state index contributed by atoms with van der Waals surface area (Å²) in [5.41, 5.74) is 5.84. The van der Waals surface area contributed by atoms with Crippen molar-refractivity contribution in [3.05, 3.63) is 118 Å². The van der Waals surface area contributed by atoms with Crippen LogP contribution in [0.4, 0.5) is 5.82 Å². The number of hydrogen-bond donors (Lipinski definition) is 5. The average Bonchev–Trinajstić information content (AvgIpc) is 3.95. The zero-order chi connectivity index (χ0) is 50.5. The summed E-state index contributed by atoms with van der Waals surface area (Å²) in [6.07, 6.45) is 0.715. The Morgan fingerprint density at radius 2 is 1.64 bits per heavy atom. The molecule has 15 nitrogen and oxygen atoms in total. The predicted molar refractivity (Wildman–Crippen MR) is 270 cm³/mol. The first-order valence-electron chi connectivity index (χ1n) is 23.3. The van der Waals surface area contributed by atoms with Crippen molar-refractivity contribution in [3.63, 3.8) is 0 Å². The summed E-state index contributed by atoms with van der Waals surface area (Å²) in [6.45, 7) is 16.2. The molecule has 0 bridgehead atoms. The molecule has 2 fully saturated rings. The fourth-order valence-electron chi connectivity index (χ4n) is 9.69. The average molecular weight is 990 g/mol. The SMILES string of the molecule is Cc1ncsc1-c1ccc(CNC(=O)[C@@H]2C[C@@H](O)CN2C(=O)C(NC(=O)COCCNc2ccc(-c3ccc(C(=O)N[C@H]4C(C)(C)[C@H](Oc5ccc(C#N)c(Cl)c5)C4(C)C)cc3)cn2)C(C)(C)C)cc1. The number of ether oxygens (including phenoxy) is 2. The third kappa shape index (κ3) is 11.6. The number of rotatable bonds is 17. The van der Waals surface area contributed by atoms with Crippen molar-refractivity contribution >= 4 is 52.4 Å². The van der Waals surface area contributed by atoms with E-state index in [2.05, 4.69) is 65.0 Å². The van der Waals surface area contributed by atoms with Gasteiger partial charge in [0.1, 0.15) is 42.4 Å². The van der Waals surface area contributed by atoms with Gasteiger partial charge in [-0.05, 0) is 65.4 Å². The van der Waals surface area contributed by atoms with Gasteiger partial charge in [0.05, 0.1) is 39.4 Å². The molecule has 3 atom stereocenters. The normalized spacial score (nSPS) is 19.5. The number of nitrogens with one attached hydrogen (secondary N) is 4. The summed E-state index contributed by atoms with van der Waals surface area (Å²) in [7, 11) is 0. The summed E-state index contributed by atoms with van der Waals surface area (Å²) in [5, 5.41) is 32.3. The van der Waals surface area contributed by atoms with Crippen LogP contribution in [0.3, 0.4) is 0 Å². The van der Waals surface area contributed by atoms with Gasteiger partial charge in [-0.2, -0.15) is 5.26 Å². The number of carbonyl (C=O) groups excluding carboxylic acids is 4. The van der Waals surface area contributed by atoms with Crippen molar-refractivity contribution in [1.29, 1.82) is 5.26 Å². The van der Waals surface area contributed by atoms with E-state index in [9.17, 15) is 29.5 Å². The Labute approximate surface area is 418 Å². The second-order valence-corrected chi connectivity index (χ2v) is 21.5. The van der Waals surface area contributed by atoms with Crippen LogP contribution in [0.2, 0.25) is 5.02 Å². The molecule has 1 unspecified atom stereocenters. The first-order chi connectivity index (χ1) is 33.2. The Morgan fingerprint density at radius 3 is 2.26 bits per heavy atom. The minimum Gasteiger partial charge on any atom is -0.489 e. The maximum atomic E-state index is 14.0. The second-order valence-electron chi connectivity index (χ2n) is 20.2. The highest BCUT2D eigenvalue weighted by molar-refractivity contribution is 7.13. The number of aliphatic hydroxyl groups excluding tert-OH is 1. The van der Waals surface area contributed by atoms with Gasteiger partial charge in [0.2, 0.25) is 17.7 Å². The number of pyridine rings is 1. The number of β-amino-alcohol motifs (C(OH)–C–C–N with tert-alkyl or cyclic N) is 1. The van der Waals surface area contributed by atoms with Gasteiger partial charge in [0, 0.05) is 66.3 Å². The molecule has 368 valence electrons. The van der Waals surface area contributed by atoms with E-state index in [0.29, 0.717) is 34.3 Å². The topological polar surface area (TPSA) is 208 Å². The molecule has 7 rings (SSSR count). The molecule has 2 aliphatic rings. The van der Waals surface area contributed by atoms with Crippen molar-refractivity contribution < 1.29 is 33.8 Å². The maximum absolute atomic E-state index is 14.0. The maximum Gasteiger partial charge on any atom is 0.251 e. The third-order valence-electron chi connectivity index (χ3n) is 13.2. The van der Waals surface area contributed by atoms with Crippen LogP contribution in [0, 0.1) is 34.5 Å². The van der Waals surface area contributed by atoms with E-state index in [4.69, 9.17) is 21.1 Å². The minimum atomic E-state index is -0.981. The van der Waals surface area contributed by atoms with E-state index in [-0.39, 0.29) is 56.7 Å². The van der Waals surface area contributed by atoms with E-state index in [1.807, 2.05) is 81.7 Å². The summed E-state index contributed by atoms with van der Waals surface area (Å²) >= 11 is 7.82. The van der Waals surface area contributed by atoms with Gasteiger partial charge in [-0.3, -0.25) is 19.2 Å². The number of thiazole rings is 1. The fraction of sp³-hybridized carbons (Fsp3) is 0.415. The van der Waals surface area contributed by atoms with E-state index in [1.54, 1.807) is 47.9 Å². The molecule has 70 heavy (non-hydrogen) atoms. The molecular formula is C53H61ClN8O7S. The van der Waals surface area contributed by atoms with Crippen LogP contribution in [0.25, 0.3) is 21.6 Å². The number of amides is 4. The van der Waals surface area contributed by atoms with Crippen molar-refractivity contribution in [2.75, 3.05) is 31.6 Å². The van der Waals surface area contributed by atoms with Crippen LogP contribution < -0.4 is 26.0 Å². The first-order valence-corrected chi connectivity index (χ1v) is 24.5. The van der Waals surface area contributed by atoms with Crippen LogP contribution in [0.1, 0.15) is 82.1 Å². The lowest BCUT2D eigenvalue weighted by Gasteiger charge is -2.63. The summed E-state index contributed by atoms with van der Waals surface area (Å²) < 4.78 is 12.0. The molecule has 0 radical (unpaired) electrons. The lowest BCUT2D eigenvalue weighted by Crippen LogP contribution is -2.74. The Morgan fingerprint density at radius 1 is 0.957 bits per heavy atom. The molecule has 1 aliphatic carbocycles. The molecular weight excluding hydrogens is 928 g/mol. The van der Waals surface area contributed by atoms with Crippen molar-refractivity contribution in [2.45, 2.75) is 98.7 Å². The summed E-state index contributed by atoms with van der Waals surface area (Å²) in [5.74, 6) is -0.332. The third-order valence-corrected chi connectivity index (χ3v) is 14.5. The van der Waals surface area contributed by atoms with Gasteiger partial charge >= 0.3 is 0 Å². The number of hydrogen-bond acceptors (Lipinski definition) is 12. The molecule has 1 saturated heterocycles. The number of benzene rings is 3. The molecule has 2 aromatic heterocycles. The lowest BCUT2D eigenvalue weighted by atomic mass is 9.49. The molecule has 4 amide bonds. The number of carbonyl (C=O) groups is 4. The van der Waals surface area contributed by atoms with Crippen LogP contribution in [-0.2, 0) is 25.7 Å². The van der Waals surface area contributed by atoms with E-state index >= 15 is 0 Å². The predicted octanol–water partition coefficient (Wildman–Crippen LogP) is 7.56. The smallest absolute Gasteiger partial charge is 0.251 e. The molecule has 0 spiro atoms. The standard InChI is InChI=1S/C53H61ClN8O7S/c1-31-44(70-30-59-31)34-11-9-32(10-12-34)26-58-47(66)41-23-38(63)28-62(41)48(67)45(51(2,3)4)60-43(64)29-68-22-21-56-42-20-18-37(27-57-42)33-13-15-35(16-14-33)46(65)61-49-52(5,6)50(53(49,7)8)69-39-19-17-36(25-55)40(54)24-39/h9-20,24,27,30,38,41,45,49-50,63H,21-23,26,28-29H2,1-8H3,(H,56,57)(H,58,66)(H,60,64)(H,61,65)/t38-,41+,45?,49-,50-/m1/s1. The van der Waals surface area contributed by atoms with Gasteiger partial charge in [0.15, 0.2) is 0 Å². The number of halogens is 1. The minimum absolute atomic E-state index is 0.0261. The van der Waals surface area contributed by atoms with Gasteiger partial charge in [-0.15, -0.1) is 11.3 Å². The van der Waals surface area contributed by atoms with Gasteiger partial charge in [-0.1, -0.05) is 96.5 Å². The molecule has 1 saturated carbocycles. The number of aromatic nitrogens is 2. The highest BCUT2D eigenvalue weighted by Crippen LogP contribution is 2.55. The molecule has 17 heteroatoms. The van der Waals surface area contributed by atoms with Gasteiger partial charge in [0.25, 0.3) is 5.91 Å². The second kappa shape index (κ2) is 21.3. The molecule has 1 aliphatic heterocycles. The molecule has 5 N–H and O–H groups in total. The van der Waals surface area contributed by atoms with E-state index < -0.39 is 46.2 Å². The quantitative estimate of drug-likeness (QED) is 0.0575. The van der Waals surface area contributed by atoms with Gasteiger partial charge < -0.3 is 40.7 Å². The zero-order valence-corrected chi connectivity index (χ0v) is 42.3. The lowest BCUT2D eigenvalue weighted by molar-refractivity contribution is -0.164. The number of nitrogens with zero attached hydrogens (tertiary/aromatic N) is 4. The fourth-order valence-corrected chi connectivity index (χ4v) is 10.7. The summed E-state index contributed by atoms with van der Waals surface area (Å²) in [6, 6.07) is 24.0. The molecule has 3 heterocycles. The van der Waals surface area contributed by atoms with Crippen molar-refractivity contribution in [1.82, 2.24) is 30.8 Å². The van der Waals surface area contributed by atoms with Crippen LogP contribution >= 0.6 is 22.9 Å². The number of nitriles is 1. The Kier molecular flexibility index (Phi) is 15.7. The summed E-state index contributed by atoms with van der Waals surface area (Å²) in [4.78, 5) is 65.4. The first kappa shape index (κ1) is 51.5. The number of anilines is 1. The Hall–Kier alpha value is -6.38. The Balaban J connectivity index is 0.839. The number of aryl methyl sites for hydroxylation is 1. The Bertz CT molecular complexity index is 2720. The van der Waals surface area contributed by atoms with Crippen LogP contribution in [0.5, 0.6) is 5.75 Å². The number of aliphatic hydroxyl groups is 1. The van der Waals surface area contributed by atoms with Crippen LogP contribution in [0.15, 0.2) is 90.6 Å². The highest BCUT2D eigenvalue weighted by Gasteiger charge is 2.64. The van der Waals surface area contributed by atoms with E-state index in [1.165, 1.54) is 4.90 Å². The number of likely N-dealkylation sites (tertiary alicyclic amines) is 1. The zero-order valence-electron chi connectivity index (χ0n) is 40.8. The van der Waals surface area contributed by atoms with Gasteiger partial charge in [-0.25, -0.2) is 9.97 Å². The largest absolute Gasteiger partial charge is 0.489 e. The van der Waals surface area contributed by atoms with E-state index in [0.717, 1.165) is 32.8 Å². The molecule has 3 aromatic carbocycles. The van der Waals surface area contributed by atoms with Crippen LogP contribution in [-0.4, -0.2) is 100 Å². The van der Waals surface area contributed by atoms with Crippen molar-refractivity contribution in [3.8, 4) is 33.4 Å². The van der Waals surface area contributed by atoms with Crippen molar-refractivity contribution in [2.24, 2.45) is 16.2 Å². The monoisotopic (exact) mass is 988 g/mol.